The molecule has 4 aromatic rings. The number of hydrogen-bond donors (Lipinski definition) is 2. The van der Waals surface area contributed by atoms with Crippen molar-refractivity contribution in [3.63, 3.8) is 0 Å². The molecule has 0 radical (unpaired) electrons. The molecule has 0 bridgehead atoms. The summed E-state index contributed by atoms with van der Waals surface area (Å²) in [7, 11) is 1.55. The second-order valence-corrected chi connectivity index (χ2v) is 5.45. The molecule has 0 aliphatic rings. The normalized spacial score (nSPS) is 11.5. The highest BCUT2D eigenvalue weighted by molar-refractivity contribution is 6.21. The lowest BCUT2D eigenvalue weighted by Gasteiger charge is -2.07. The van der Waals surface area contributed by atoms with Gasteiger partial charge in [-0.1, -0.05) is 30.3 Å². The molecule has 0 saturated carbocycles. The standard InChI is InChI=1S/C18H14N2O3/c1-23-9-12-16-14(8-19-17(12)18(21)22)20-13-7-6-10-4-2-3-5-11(10)15(13)16/h2-8,20H,9H2,1H3,(H,21,22). The van der Waals surface area contributed by atoms with E-state index >= 15 is 0 Å². The summed E-state index contributed by atoms with van der Waals surface area (Å²) in [6, 6.07) is 12.1. The fraction of sp³-hybridized carbons (Fsp3) is 0.111. The molecule has 0 saturated heterocycles. The molecule has 2 aromatic carbocycles. The number of carbonyl (C=O) groups is 1. The Balaban J connectivity index is 2.26. The number of ether oxygens (including phenoxy) is 1. The molecular formula is C18H14N2O3. The molecule has 4 rings (SSSR count). The molecule has 0 atom stereocenters. The van der Waals surface area contributed by atoms with Crippen LogP contribution in [0.3, 0.4) is 0 Å². The third kappa shape index (κ3) is 1.98. The molecule has 5 heteroatoms. The van der Waals surface area contributed by atoms with E-state index in [1.54, 1.807) is 13.3 Å². The number of pyridine rings is 1. The van der Waals surface area contributed by atoms with Crippen molar-refractivity contribution in [2.24, 2.45) is 0 Å². The molecule has 23 heavy (non-hydrogen) atoms. The van der Waals surface area contributed by atoms with Gasteiger partial charge in [0, 0.05) is 29.0 Å². The van der Waals surface area contributed by atoms with Gasteiger partial charge >= 0.3 is 5.97 Å². The minimum atomic E-state index is -1.05. The van der Waals surface area contributed by atoms with Gasteiger partial charge in [0.05, 0.1) is 18.3 Å². The quantitative estimate of drug-likeness (QED) is 0.605. The fourth-order valence-electron chi connectivity index (χ4n) is 3.19. The summed E-state index contributed by atoms with van der Waals surface area (Å²) < 4.78 is 5.24. The van der Waals surface area contributed by atoms with Gasteiger partial charge in [-0.2, -0.15) is 0 Å². The molecule has 0 amide bonds. The summed E-state index contributed by atoms with van der Waals surface area (Å²) in [6.07, 6.45) is 1.58. The van der Waals surface area contributed by atoms with Crippen LogP contribution in [0.4, 0.5) is 0 Å². The molecule has 2 N–H and O–H groups in total. The maximum absolute atomic E-state index is 11.5. The number of nitrogens with one attached hydrogen (secondary N) is 1. The number of aromatic amines is 1. The monoisotopic (exact) mass is 306 g/mol. The summed E-state index contributed by atoms with van der Waals surface area (Å²) >= 11 is 0. The van der Waals surface area contributed by atoms with E-state index in [4.69, 9.17) is 4.74 Å². The number of carboxylic acid groups (broad SMARTS) is 1. The lowest BCUT2D eigenvalue weighted by Crippen LogP contribution is -2.07. The van der Waals surface area contributed by atoms with Gasteiger partial charge in [-0.05, 0) is 16.8 Å². The van der Waals surface area contributed by atoms with Crippen molar-refractivity contribution >= 4 is 38.5 Å². The Morgan fingerprint density at radius 1 is 1.17 bits per heavy atom. The molecule has 0 spiro atoms. The van der Waals surface area contributed by atoms with Crippen LogP contribution in [0.2, 0.25) is 0 Å². The van der Waals surface area contributed by atoms with Crippen molar-refractivity contribution in [2.75, 3.05) is 7.11 Å². The predicted octanol–water partition coefficient (Wildman–Crippen LogP) is 3.71. The maximum Gasteiger partial charge on any atom is 0.354 e. The van der Waals surface area contributed by atoms with E-state index in [0.29, 0.717) is 5.56 Å². The van der Waals surface area contributed by atoms with Crippen LogP contribution in [0.15, 0.2) is 42.6 Å². The Morgan fingerprint density at radius 3 is 2.78 bits per heavy atom. The van der Waals surface area contributed by atoms with Crippen molar-refractivity contribution in [2.45, 2.75) is 6.61 Å². The van der Waals surface area contributed by atoms with Crippen LogP contribution < -0.4 is 0 Å². The van der Waals surface area contributed by atoms with Crippen molar-refractivity contribution in [3.8, 4) is 0 Å². The van der Waals surface area contributed by atoms with Crippen LogP contribution in [0, 0.1) is 0 Å². The molecule has 0 aliphatic heterocycles. The number of hydrogen-bond acceptors (Lipinski definition) is 3. The van der Waals surface area contributed by atoms with Gasteiger partial charge in [-0.25, -0.2) is 9.78 Å². The SMILES string of the molecule is COCc1c(C(=O)O)ncc2[nH]c3ccc4ccccc4c3c12. The summed E-state index contributed by atoms with van der Waals surface area (Å²) in [5.41, 5.74) is 2.40. The number of nitrogens with zero attached hydrogens (tertiary/aromatic N) is 1. The molecular weight excluding hydrogens is 292 g/mol. The van der Waals surface area contributed by atoms with Crippen molar-refractivity contribution in [3.05, 3.63) is 53.9 Å². The number of rotatable bonds is 3. The third-order valence-corrected chi connectivity index (χ3v) is 4.12. The van der Waals surface area contributed by atoms with E-state index in [-0.39, 0.29) is 12.3 Å². The minimum Gasteiger partial charge on any atom is -0.477 e. The van der Waals surface area contributed by atoms with Gasteiger partial charge in [-0.15, -0.1) is 0 Å². The average Bonchev–Trinajstić information content (AvgIpc) is 2.94. The van der Waals surface area contributed by atoms with E-state index in [1.807, 2.05) is 30.3 Å². The van der Waals surface area contributed by atoms with Crippen LogP contribution in [0.5, 0.6) is 0 Å². The number of H-pyrrole nitrogens is 1. The third-order valence-electron chi connectivity index (χ3n) is 4.12. The molecule has 114 valence electrons. The zero-order valence-corrected chi connectivity index (χ0v) is 12.5. The van der Waals surface area contributed by atoms with Gasteiger partial charge in [0.2, 0.25) is 0 Å². The number of methoxy groups -OCH3 is 1. The Labute approximate surface area is 131 Å². The van der Waals surface area contributed by atoms with Gasteiger partial charge in [0.1, 0.15) is 0 Å². The predicted molar refractivity (Wildman–Crippen MR) is 88.8 cm³/mol. The van der Waals surface area contributed by atoms with E-state index in [9.17, 15) is 9.90 Å². The van der Waals surface area contributed by atoms with Crippen LogP contribution in [-0.4, -0.2) is 28.2 Å². The number of benzene rings is 2. The lowest BCUT2D eigenvalue weighted by molar-refractivity contribution is 0.0685. The topological polar surface area (TPSA) is 75.2 Å². The first kappa shape index (κ1) is 13.7. The van der Waals surface area contributed by atoms with E-state index in [0.717, 1.165) is 32.6 Å². The summed E-state index contributed by atoms with van der Waals surface area (Å²) in [6.45, 7) is 0.197. The highest BCUT2D eigenvalue weighted by atomic mass is 16.5. The summed E-state index contributed by atoms with van der Waals surface area (Å²) in [4.78, 5) is 18.9. The van der Waals surface area contributed by atoms with Crippen LogP contribution in [-0.2, 0) is 11.3 Å². The summed E-state index contributed by atoms with van der Waals surface area (Å²) in [5, 5.41) is 13.5. The zero-order chi connectivity index (χ0) is 16.0. The van der Waals surface area contributed by atoms with E-state index in [2.05, 4.69) is 16.0 Å². The molecule has 5 nitrogen and oxygen atoms in total. The number of carboxylic acids is 1. The zero-order valence-electron chi connectivity index (χ0n) is 12.5. The number of aromatic carboxylic acids is 1. The smallest absolute Gasteiger partial charge is 0.354 e. The van der Waals surface area contributed by atoms with Crippen LogP contribution in [0.1, 0.15) is 16.1 Å². The first-order valence-corrected chi connectivity index (χ1v) is 7.24. The largest absolute Gasteiger partial charge is 0.477 e. The second-order valence-electron chi connectivity index (χ2n) is 5.45. The Bertz CT molecular complexity index is 1070. The van der Waals surface area contributed by atoms with Crippen molar-refractivity contribution in [1.82, 2.24) is 9.97 Å². The molecule has 2 aromatic heterocycles. The second kappa shape index (κ2) is 5.07. The van der Waals surface area contributed by atoms with Crippen LogP contribution in [0.25, 0.3) is 32.6 Å². The fourth-order valence-corrected chi connectivity index (χ4v) is 3.19. The highest BCUT2D eigenvalue weighted by Crippen LogP contribution is 2.35. The Hall–Kier alpha value is -2.92. The van der Waals surface area contributed by atoms with Crippen molar-refractivity contribution < 1.29 is 14.6 Å². The Morgan fingerprint density at radius 2 is 2.00 bits per heavy atom. The van der Waals surface area contributed by atoms with E-state index < -0.39 is 5.97 Å². The molecule has 2 heterocycles. The van der Waals surface area contributed by atoms with Crippen LogP contribution >= 0.6 is 0 Å². The maximum atomic E-state index is 11.5. The summed E-state index contributed by atoms with van der Waals surface area (Å²) in [5.74, 6) is -1.05. The number of aromatic nitrogens is 2. The first-order chi connectivity index (χ1) is 11.2. The first-order valence-electron chi connectivity index (χ1n) is 7.24. The van der Waals surface area contributed by atoms with Gasteiger partial charge < -0.3 is 14.8 Å². The highest BCUT2D eigenvalue weighted by Gasteiger charge is 2.19. The van der Waals surface area contributed by atoms with Gasteiger partial charge in [0.15, 0.2) is 5.69 Å². The van der Waals surface area contributed by atoms with Crippen molar-refractivity contribution in [1.29, 1.82) is 0 Å². The average molecular weight is 306 g/mol. The molecule has 0 fully saturated rings. The minimum absolute atomic E-state index is 0.0354. The number of fused-ring (bicyclic) bond motifs is 5. The molecule has 0 aliphatic carbocycles. The lowest BCUT2D eigenvalue weighted by atomic mass is 10.0. The molecule has 0 unspecified atom stereocenters. The van der Waals surface area contributed by atoms with E-state index in [1.165, 1.54) is 0 Å². The van der Waals surface area contributed by atoms with Gasteiger partial charge in [0.25, 0.3) is 0 Å². The Kier molecular flexibility index (Phi) is 3.02. The van der Waals surface area contributed by atoms with Gasteiger partial charge in [-0.3, -0.25) is 0 Å².